The van der Waals surface area contributed by atoms with Gasteiger partial charge >= 0.3 is 0 Å². The van der Waals surface area contributed by atoms with E-state index in [1.54, 1.807) is 36.7 Å². The van der Waals surface area contributed by atoms with E-state index in [0.717, 1.165) is 22.2 Å². The van der Waals surface area contributed by atoms with Crippen molar-refractivity contribution in [2.45, 2.75) is 13.5 Å². The molecule has 1 aliphatic rings. The van der Waals surface area contributed by atoms with Crippen molar-refractivity contribution in [2.75, 3.05) is 13.1 Å². The SMILES string of the molecule is Cc1cnn(CC(=O)NCCN2C(=O)S/C(=C\c3ccc(Cl)cc3Cl)C2=O)c1. The maximum absolute atomic E-state index is 12.5. The van der Waals surface area contributed by atoms with E-state index in [-0.39, 0.29) is 30.4 Å². The van der Waals surface area contributed by atoms with E-state index >= 15 is 0 Å². The monoisotopic (exact) mass is 438 g/mol. The van der Waals surface area contributed by atoms with Crippen LogP contribution >= 0.6 is 35.0 Å². The summed E-state index contributed by atoms with van der Waals surface area (Å²) in [7, 11) is 0. The molecule has 1 aromatic carbocycles. The topological polar surface area (TPSA) is 84.3 Å². The average molecular weight is 439 g/mol. The van der Waals surface area contributed by atoms with Gasteiger partial charge in [-0.1, -0.05) is 29.3 Å². The van der Waals surface area contributed by atoms with Crippen molar-refractivity contribution >= 4 is 58.1 Å². The highest BCUT2D eigenvalue weighted by Crippen LogP contribution is 2.33. The fourth-order valence-corrected chi connectivity index (χ4v) is 3.84. The third-order valence-corrected chi connectivity index (χ3v) is 5.32. The summed E-state index contributed by atoms with van der Waals surface area (Å²) in [6, 6.07) is 4.89. The molecular formula is C18H16Cl2N4O3S. The summed E-state index contributed by atoms with van der Waals surface area (Å²) >= 11 is 12.8. The van der Waals surface area contributed by atoms with Crippen LogP contribution in [-0.2, 0) is 16.1 Å². The Morgan fingerprint density at radius 1 is 1.32 bits per heavy atom. The second kappa shape index (κ2) is 8.81. The lowest BCUT2D eigenvalue weighted by molar-refractivity contribution is -0.124. The second-order valence-corrected chi connectivity index (χ2v) is 7.90. The number of nitrogens with one attached hydrogen (secondary N) is 1. The van der Waals surface area contributed by atoms with Crippen molar-refractivity contribution in [3.63, 3.8) is 0 Å². The van der Waals surface area contributed by atoms with Gasteiger partial charge in [0.1, 0.15) is 6.54 Å². The van der Waals surface area contributed by atoms with Crippen LogP contribution in [0.1, 0.15) is 11.1 Å². The van der Waals surface area contributed by atoms with Gasteiger partial charge in [0.15, 0.2) is 0 Å². The Hall–Kier alpha value is -2.29. The number of benzene rings is 1. The fraction of sp³-hybridized carbons (Fsp3) is 0.222. The highest BCUT2D eigenvalue weighted by Gasteiger charge is 2.34. The lowest BCUT2D eigenvalue weighted by atomic mass is 10.2. The molecule has 0 radical (unpaired) electrons. The maximum atomic E-state index is 12.5. The van der Waals surface area contributed by atoms with Crippen molar-refractivity contribution in [3.8, 4) is 0 Å². The maximum Gasteiger partial charge on any atom is 0.293 e. The van der Waals surface area contributed by atoms with E-state index in [4.69, 9.17) is 23.2 Å². The zero-order valence-corrected chi connectivity index (χ0v) is 17.1. The number of carbonyl (C=O) groups is 3. The number of amides is 3. The lowest BCUT2D eigenvalue weighted by Gasteiger charge is -2.13. The van der Waals surface area contributed by atoms with Gasteiger partial charge in [0.05, 0.1) is 11.1 Å². The number of imide groups is 1. The molecule has 0 unspecified atom stereocenters. The van der Waals surface area contributed by atoms with Crippen LogP contribution in [0.3, 0.4) is 0 Å². The molecule has 3 rings (SSSR count). The molecule has 0 aliphatic carbocycles. The number of halogens is 2. The molecular weight excluding hydrogens is 423 g/mol. The minimum absolute atomic E-state index is 0.0741. The van der Waals surface area contributed by atoms with Gasteiger partial charge in [0, 0.05) is 29.3 Å². The first-order valence-electron chi connectivity index (χ1n) is 8.29. The highest BCUT2D eigenvalue weighted by molar-refractivity contribution is 8.18. The summed E-state index contributed by atoms with van der Waals surface area (Å²) in [5.41, 5.74) is 1.55. The van der Waals surface area contributed by atoms with Gasteiger partial charge in [-0.05, 0) is 48.0 Å². The molecule has 3 amide bonds. The van der Waals surface area contributed by atoms with Gasteiger partial charge in [-0.3, -0.25) is 24.0 Å². The zero-order valence-electron chi connectivity index (χ0n) is 14.8. The first kappa shape index (κ1) is 20.4. The van der Waals surface area contributed by atoms with Crippen LogP contribution in [0.2, 0.25) is 10.0 Å². The number of thioether (sulfide) groups is 1. The standard InChI is InChI=1S/C18H16Cl2N4O3S/c1-11-8-22-23(9-11)10-16(25)21-4-5-24-17(26)15(28-18(24)27)6-12-2-3-13(19)7-14(12)20/h2-3,6-9H,4-5,10H2,1H3,(H,21,25)/b15-6-. The van der Waals surface area contributed by atoms with Crippen molar-refractivity contribution in [2.24, 2.45) is 0 Å². The minimum Gasteiger partial charge on any atom is -0.353 e. The third-order valence-electron chi connectivity index (χ3n) is 3.85. The van der Waals surface area contributed by atoms with E-state index in [1.165, 1.54) is 4.68 Å². The van der Waals surface area contributed by atoms with E-state index in [2.05, 4.69) is 10.4 Å². The summed E-state index contributed by atoms with van der Waals surface area (Å²) < 4.78 is 1.52. The molecule has 0 spiro atoms. The Bertz CT molecular complexity index is 973. The second-order valence-electron chi connectivity index (χ2n) is 6.06. The van der Waals surface area contributed by atoms with Crippen molar-refractivity contribution in [1.29, 1.82) is 0 Å². The number of rotatable bonds is 6. The smallest absolute Gasteiger partial charge is 0.293 e. The number of aromatic nitrogens is 2. The first-order chi connectivity index (χ1) is 13.3. The Kier molecular flexibility index (Phi) is 6.43. The van der Waals surface area contributed by atoms with Crippen molar-refractivity contribution in [1.82, 2.24) is 20.0 Å². The lowest BCUT2D eigenvalue weighted by Crippen LogP contribution is -2.38. The molecule has 1 aromatic heterocycles. The molecule has 7 nitrogen and oxygen atoms in total. The number of hydrogen-bond acceptors (Lipinski definition) is 5. The predicted molar refractivity (Wildman–Crippen MR) is 109 cm³/mol. The first-order valence-corrected chi connectivity index (χ1v) is 9.87. The molecule has 2 aromatic rings. The number of hydrogen-bond donors (Lipinski definition) is 1. The van der Waals surface area contributed by atoms with Gasteiger partial charge < -0.3 is 5.32 Å². The quantitative estimate of drug-likeness (QED) is 0.698. The van der Waals surface area contributed by atoms with Crippen LogP contribution in [0.5, 0.6) is 0 Å². The fourth-order valence-electron chi connectivity index (χ4n) is 2.52. The van der Waals surface area contributed by atoms with Crippen molar-refractivity contribution in [3.05, 3.63) is 56.7 Å². The predicted octanol–water partition coefficient (Wildman–Crippen LogP) is 3.35. The van der Waals surface area contributed by atoms with Crippen LogP contribution in [-0.4, -0.2) is 44.8 Å². The van der Waals surface area contributed by atoms with Gasteiger partial charge in [0.25, 0.3) is 11.1 Å². The van der Waals surface area contributed by atoms with Crippen LogP contribution < -0.4 is 5.32 Å². The summed E-state index contributed by atoms with van der Waals surface area (Å²) in [6.45, 7) is 2.20. The van der Waals surface area contributed by atoms with E-state index in [1.807, 2.05) is 6.92 Å². The van der Waals surface area contributed by atoms with Gasteiger partial charge in [-0.15, -0.1) is 0 Å². The average Bonchev–Trinajstić information content (AvgIpc) is 3.14. The van der Waals surface area contributed by atoms with Gasteiger partial charge in [0.2, 0.25) is 5.91 Å². The Balaban J connectivity index is 1.56. The Morgan fingerprint density at radius 2 is 2.11 bits per heavy atom. The summed E-state index contributed by atoms with van der Waals surface area (Å²) in [5.74, 6) is -0.670. The van der Waals surface area contributed by atoms with E-state index in [9.17, 15) is 14.4 Å². The highest BCUT2D eigenvalue weighted by atomic mass is 35.5. The van der Waals surface area contributed by atoms with E-state index < -0.39 is 11.1 Å². The van der Waals surface area contributed by atoms with E-state index in [0.29, 0.717) is 15.6 Å². The molecule has 0 atom stereocenters. The summed E-state index contributed by atoms with van der Waals surface area (Å²) in [5, 5.41) is 7.19. The molecule has 1 saturated heterocycles. The van der Waals surface area contributed by atoms with Crippen LogP contribution in [0.15, 0.2) is 35.5 Å². The van der Waals surface area contributed by atoms with Crippen molar-refractivity contribution < 1.29 is 14.4 Å². The molecule has 1 fully saturated rings. The van der Waals surface area contributed by atoms with Crippen LogP contribution in [0, 0.1) is 6.92 Å². The minimum atomic E-state index is -0.419. The molecule has 2 heterocycles. The Morgan fingerprint density at radius 3 is 2.79 bits per heavy atom. The zero-order chi connectivity index (χ0) is 20.3. The van der Waals surface area contributed by atoms with Crippen LogP contribution in [0.25, 0.3) is 6.08 Å². The summed E-state index contributed by atoms with van der Waals surface area (Å²) in [4.78, 5) is 37.9. The van der Waals surface area contributed by atoms with Crippen LogP contribution in [0.4, 0.5) is 4.79 Å². The summed E-state index contributed by atoms with van der Waals surface area (Å²) in [6.07, 6.45) is 4.97. The Labute approximate surface area is 175 Å². The van der Waals surface area contributed by atoms with Gasteiger partial charge in [-0.2, -0.15) is 5.10 Å². The molecule has 28 heavy (non-hydrogen) atoms. The number of aryl methyl sites for hydroxylation is 1. The number of nitrogens with zero attached hydrogens (tertiary/aromatic N) is 3. The molecule has 1 aliphatic heterocycles. The molecule has 10 heteroatoms. The molecule has 0 bridgehead atoms. The number of carbonyl (C=O) groups excluding carboxylic acids is 3. The molecule has 1 N–H and O–H groups in total. The molecule has 146 valence electrons. The molecule has 0 saturated carbocycles. The normalized spacial score (nSPS) is 15.5. The third kappa shape index (κ3) is 4.95. The largest absolute Gasteiger partial charge is 0.353 e. The van der Waals surface area contributed by atoms with Gasteiger partial charge in [-0.25, -0.2) is 0 Å².